The molecule has 0 aliphatic rings. The predicted molar refractivity (Wildman–Crippen MR) is 147 cm³/mol. The van der Waals surface area contributed by atoms with E-state index >= 15 is 0 Å². The molecule has 0 aliphatic heterocycles. The van der Waals surface area contributed by atoms with E-state index in [9.17, 15) is 8.42 Å². The first kappa shape index (κ1) is 29.1. The molecule has 0 aliphatic carbocycles. The van der Waals surface area contributed by atoms with Gasteiger partial charge in [0, 0.05) is 24.0 Å². The van der Waals surface area contributed by atoms with Crippen LogP contribution in [0.4, 0.5) is 5.95 Å². The summed E-state index contributed by atoms with van der Waals surface area (Å²) in [7, 11) is -2.59. The molecule has 40 heavy (non-hydrogen) atoms. The molecule has 0 saturated heterocycles. The number of methoxy groups -OCH3 is 1. The number of rotatable bonds is 11. The molecule has 4 heterocycles. The summed E-state index contributed by atoms with van der Waals surface area (Å²) in [5, 5.41) is 11.5. The number of aromatic nitrogens is 7. The number of nitrogens with zero attached hydrogens (tertiary/aromatic N) is 7. The van der Waals surface area contributed by atoms with Crippen LogP contribution in [-0.2, 0) is 14.8 Å². The number of nitrogens with one attached hydrogen (secondary N) is 1. The summed E-state index contributed by atoms with van der Waals surface area (Å²) >= 11 is 0. The van der Waals surface area contributed by atoms with Gasteiger partial charge in [-0.2, -0.15) is 0 Å². The highest BCUT2D eigenvalue weighted by Gasteiger charge is 2.36. The smallest absolute Gasteiger partial charge is 0.240 e. The van der Waals surface area contributed by atoms with E-state index in [-0.39, 0.29) is 17.9 Å². The number of anilines is 1. The van der Waals surface area contributed by atoms with Crippen LogP contribution in [-0.4, -0.2) is 61.8 Å². The molecule has 214 valence electrons. The number of ether oxygens (including phenoxy) is 2. The summed E-state index contributed by atoms with van der Waals surface area (Å²) in [6, 6.07) is 4.74. The number of hydrogen-bond acceptors (Lipinski definition) is 11. The Kier molecular flexibility index (Phi) is 8.49. The molecule has 4 aromatic heterocycles. The van der Waals surface area contributed by atoms with Crippen molar-refractivity contribution in [2.24, 2.45) is 0 Å². The van der Waals surface area contributed by atoms with Crippen LogP contribution in [0.1, 0.15) is 68.2 Å². The minimum atomic E-state index is -4.11. The van der Waals surface area contributed by atoms with Gasteiger partial charge in [0.1, 0.15) is 22.8 Å². The van der Waals surface area contributed by atoms with Gasteiger partial charge in [0.2, 0.25) is 21.9 Å². The first-order valence-corrected chi connectivity index (χ1v) is 14.3. The lowest BCUT2D eigenvalue weighted by Crippen LogP contribution is -2.35. The molecule has 0 saturated carbocycles. The van der Waals surface area contributed by atoms with E-state index < -0.39 is 27.4 Å². The van der Waals surface area contributed by atoms with E-state index in [1.54, 1.807) is 49.0 Å². The van der Waals surface area contributed by atoms with Crippen molar-refractivity contribution >= 4 is 16.0 Å². The summed E-state index contributed by atoms with van der Waals surface area (Å²) in [6.45, 7) is 12.5. The zero-order valence-electron chi connectivity index (χ0n) is 23.8. The maximum atomic E-state index is 13.8. The van der Waals surface area contributed by atoms with Gasteiger partial charge in [-0.25, -0.2) is 23.4 Å². The molecule has 0 radical (unpaired) electrons. The van der Waals surface area contributed by atoms with Gasteiger partial charge in [0.25, 0.3) is 0 Å². The first-order chi connectivity index (χ1) is 18.9. The molecule has 13 nitrogen and oxygen atoms in total. The maximum Gasteiger partial charge on any atom is 0.240 e. The average molecular weight is 571 g/mol. The largest absolute Gasteiger partial charge is 0.481 e. The van der Waals surface area contributed by atoms with Crippen LogP contribution in [0, 0.1) is 20.8 Å². The second-order valence-electron chi connectivity index (χ2n) is 9.77. The minimum Gasteiger partial charge on any atom is -0.481 e. The van der Waals surface area contributed by atoms with Crippen molar-refractivity contribution < 1.29 is 22.4 Å². The fourth-order valence-electron chi connectivity index (χ4n) is 4.38. The number of sulfonamides is 1. The molecule has 0 spiro atoms. The van der Waals surface area contributed by atoms with E-state index in [0.29, 0.717) is 28.9 Å². The second-order valence-corrected chi connectivity index (χ2v) is 11.8. The topological polar surface area (TPSA) is 160 Å². The van der Waals surface area contributed by atoms with Crippen molar-refractivity contribution in [2.45, 2.75) is 72.0 Å². The van der Waals surface area contributed by atoms with E-state index in [2.05, 4.69) is 35.0 Å². The molecule has 14 heteroatoms. The monoisotopic (exact) mass is 570 g/mol. The third-order valence-electron chi connectivity index (χ3n) is 6.37. The standard InChI is InChI=1S/C26H34N8O5S/c1-14(2)38-23(24-27-12-15(3)13-28-24)19(7)40(35,36)33-26-31-30-25(20-10-9-11-21(29-20)37-8)34(26)17(5)22-16(4)32-39-18(22)6/h9-14,17,19,23H,1-8H3,(H,31,33)/t17-,19+,23-/m1/s1. The Bertz CT molecular complexity index is 1550. The lowest BCUT2D eigenvalue weighted by Gasteiger charge is -2.26. The van der Waals surface area contributed by atoms with Crippen molar-refractivity contribution in [3.05, 3.63) is 59.0 Å². The van der Waals surface area contributed by atoms with Gasteiger partial charge < -0.3 is 14.0 Å². The van der Waals surface area contributed by atoms with Crippen LogP contribution in [0.5, 0.6) is 5.88 Å². The second kappa shape index (κ2) is 11.7. The van der Waals surface area contributed by atoms with E-state index in [1.807, 2.05) is 34.6 Å². The Morgan fingerprint density at radius 1 is 1.02 bits per heavy atom. The van der Waals surface area contributed by atoms with Crippen LogP contribution >= 0.6 is 0 Å². The fraction of sp³-hybridized carbons (Fsp3) is 0.462. The van der Waals surface area contributed by atoms with Gasteiger partial charge in [-0.05, 0) is 60.1 Å². The molecule has 0 amide bonds. The third kappa shape index (κ3) is 5.97. The molecular weight excluding hydrogens is 536 g/mol. The van der Waals surface area contributed by atoms with Crippen molar-refractivity contribution in [1.29, 1.82) is 0 Å². The molecule has 1 N–H and O–H groups in total. The Morgan fingerprint density at radius 3 is 2.33 bits per heavy atom. The predicted octanol–water partition coefficient (Wildman–Crippen LogP) is 3.96. The number of hydrogen-bond donors (Lipinski definition) is 1. The summed E-state index contributed by atoms with van der Waals surface area (Å²) in [5.41, 5.74) is 2.72. The van der Waals surface area contributed by atoms with Crippen molar-refractivity contribution in [2.75, 3.05) is 11.8 Å². The molecule has 4 aromatic rings. The van der Waals surface area contributed by atoms with Gasteiger partial charge in [0.05, 0.1) is 24.9 Å². The third-order valence-corrected chi connectivity index (χ3v) is 8.07. The van der Waals surface area contributed by atoms with Gasteiger partial charge >= 0.3 is 0 Å². The van der Waals surface area contributed by atoms with E-state index in [4.69, 9.17) is 14.0 Å². The quantitative estimate of drug-likeness (QED) is 0.278. The van der Waals surface area contributed by atoms with Crippen LogP contribution in [0.2, 0.25) is 0 Å². The highest BCUT2D eigenvalue weighted by Crippen LogP contribution is 2.33. The Balaban J connectivity index is 1.79. The molecule has 4 rings (SSSR count). The van der Waals surface area contributed by atoms with Crippen molar-refractivity contribution in [1.82, 2.24) is 34.9 Å². The normalized spacial score (nSPS) is 14.2. The maximum absolute atomic E-state index is 13.8. The van der Waals surface area contributed by atoms with Crippen LogP contribution in [0.25, 0.3) is 11.5 Å². The summed E-state index contributed by atoms with van der Waals surface area (Å²) in [5.74, 6) is 1.55. The Morgan fingerprint density at radius 2 is 1.73 bits per heavy atom. The highest BCUT2D eigenvalue weighted by molar-refractivity contribution is 7.93. The molecular formula is C26H34N8O5S. The van der Waals surface area contributed by atoms with Crippen molar-refractivity contribution in [3.63, 3.8) is 0 Å². The summed E-state index contributed by atoms with van der Waals surface area (Å²) in [6.07, 6.45) is 2.04. The summed E-state index contributed by atoms with van der Waals surface area (Å²) in [4.78, 5) is 13.2. The fourth-order valence-corrected chi connectivity index (χ4v) is 5.47. The van der Waals surface area contributed by atoms with Gasteiger partial charge in [-0.15, -0.1) is 10.2 Å². The number of aryl methyl sites for hydroxylation is 3. The number of pyridine rings is 1. The zero-order chi connectivity index (χ0) is 29.2. The lowest BCUT2D eigenvalue weighted by atomic mass is 10.1. The van der Waals surface area contributed by atoms with Crippen LogP contribution < -0.4 is 9.46 Å². The molecule has 0 unspecified atom stereocenters. The van der Waals surface area contributed by atoms with E-state index in [1.165, 1.54) is 7.11 Å². The molecule has 0 aromatic carbocycles. The highest BCUT2D eigenvalue weighted by atomic mass is 32.2. The molecule has 0 fully saturated rings. The molecule has 0 bridgehead atoms. The zero-order valence-corrected chi connectivity index (χ0v) is 24.6. The average Bonchev–Trinajstić information content (AvgIpc) is 3.48. The van der Waals surface area contributed by atoms with Gasteiger partial charge in [-0.3, -0.25) is 9.29 Å². The Labute approximate surface area is 233 Å². The molecule has 3 atom stereocenters. The van der Waals surface area contributed by atoms with Gasteiger partial charge in [0.15, 0.2) is 11.6 Å². The minimum absolute atomic E-state index is 0.00732. The van der Waals surface area contributed by atoms with Crippen LogP contribution in [0.3, 0.4) is 0 Å². The first-order valence-electron chi connectivity index (χ1n) is 12.8. The van der Waals surface area contributed by atoms with Gasteiger partial charge in [-0.1, -0.05) is 11.2 Å². The van der Waals surface area contributed by atoms with E-state index in [0.717, 1.165) is 11.1 Å². The van der Waals surface area contributed by atoms with Crippen molar-refractivity contribution in [3.8, 4) is 17.4 Å². The Hall–Kier alpha value is -3.91. The SMILES string of the molecule is COc1cccc(-c2nnc(NS(=O)(=O)[C@@H](C)[C@@H](OC(C)C)c3ncc(C)cn3)n2[C@H](C)c2c(C)noc2C)n1. The lowest BCUT2D eigenvalue weighted by molar-refractivity contribution is 0.00152. The summed E-state index contributed by atoms with van der Waals surface area (Å²) < 4.78 is 48.6. The van der Waals surface area contributed by atoms with Crippen LogP contribution in [0.15, 0.2) is 35.1 Å².